The van der Waals surface area contributed by atoms with Gasteiger partial charge in [-0.15, -0.1) is 0 Å². The molecule has 0 saturated heterocycles. The topological polar surface area (TPSA) is 662 Å². The molecular weight excluding hydrogens is 1860 g/mol. The zero-order valence-corrected chi connectivity index (χ0v) is 73.2. The molecule has 0 atom stereocenters. The summed E-state index contributed by atoms with van der Waals surface area (Å²) in [4.78, 5) is 268. The van der Waals surface area contributed by atoms with Crippen LogP contribution in [0.2, 0.25) is 0 Å². The first-order valence-corrected chi connectivity index (χ1v) is 40.0. The first kappa shape index (κ1) is 114. The van der Waals surface area contributed by atoms with Crippen molar-refractivity contribution in [2.75, 3.05) is 202 Å². The normalized spacial score (nSPS) is 10.3. The summed E-state index contributed by atoms with van der Waals surface area (Å²) in [6, 6.07) is 32.4. The summed E-state index contributed by atoms with van der Waals surface area (Å²) in [7, 11) is 1.58. The molecule has 0 aliphatic rings. The predicted molar refractivity (Wildman–Crippen MR) is 465 cm³/mol. The Balaban J connectivity index is 0.000000718. The molecule has 748 valence electrons. The van der Waals surface area contributed by atoms with E-state index in [1.807, 2.05) is 0 Å². The van der Waals surface area contributed by atoms with Gasteiger partial charge in [0.1, 0.15) is 65.8 Å². The van der Waals surface area contributed by atoms with Crippen LogP contribution >= 0.6 is 0 Å². The van der Waals surface area contributed by atoms with Crippen LogP contribution in [0.4, 0.5) is 34.1 Å². The Bertz CT molecular complexity index is 4900. The van der Waals surface area contributed by atoms with Crippen molar-refractivity contribution < 1.29 is 216 Å². The molecule has 0 amide bonds. The smallest absolute Gasteiger partial charge is 0.344 e. The summed E-state index contributed by atoms with van der Waals surface area (Å²) in [5, 5.41) is 45.8. The standard InChI is InChI=1S/C58H60N4O30.C29H32N2O15.CH4/c63-35-83-31-61(32-84-36-64)45-11-3-39(4-12-45)47(67)2-1-19-82-27-58(28-90-52(76)24-87-55(79)40-5-13-43(14-6-40)59(20-48(68)69)21-49(70)71,29-91-53(77)25-88-56(80)41-7-15-44(16-8-41)60(22-50(72)73)23-51(74)75)30-92-54(78)26-89-57(81)42-9-17-46(18-10-42)62(33-85-37-65)34-86-38-66;1-30(14-25(34)35)23-6-2-21(3-7-23)28(38)45-15-26(36)43-12-10-40-11-13-44-27(37)16-46-29(39)22-4-8-24(9-5-22)31(17-41-19-32)18-42-20-33;/h3-18,35-38H,1-2,19-34H2,(H,68,69)(H,70,71)(H,72,73)(H,74,75);2-9,19-20H,10-18H2,1H3,(H,34,35);1H4. The summed E-state index contributed by atoms with van der Waals surface area (Å²) < 4.78 is 90.7. The monoisotopic (exact) mass is 1960 g/mol. The molecule has 0 aliphatic carbocycles. The van der Waals surface area contributed by atoms with E-state index in [4.69, 9.17) is 80.9 Å². The Morgan fingerprint density at radius 1 is 0.266 bits per heavy atom. The van der Waals surface area contributed by atoms with Crippen molar-refractivity contribution in [1.82, 2.24) is 0 Å². The molecule has 6 aromatic rings. The summed E-state index contributed by atoms with van der Waals surface area (Å²) in [5.41, 5.74) is 0.0582. The summed E-state index contributed by atoms with van der Waals surface area (Å²) in [6.07, 6.45) is -0.153. The molecule has 139 heavy (non-hydrogen) atoms. The Kier molecular flexibility index (Phi) is 51.5. The van der Waals surface area contributed by atoms with Gasteiger partial charge in [0, 0.05) is 59.8 Å². The fraction of sp³-hybridized carbons (Fsp3) is 0.341. The van der Waals surface area contributed by atoms with Crippen molar-refractivity contribution >= 4 is 168 Å². The number of Topliss-reactive ketones (excluding diaryl/α,β-unsaturated/α-hetero) is 1. The second-order valence-electron chi connectivity index (χ2n) is 27.8. The lowest BCUT2D eigenvalue weighted by Gasteiger charge is -2.32. The molecule has 0 bridgehead atoms. The number of aliphatic carboxylic acids is 5. The highest BCUT2D eigenvalue weighted by Crippen LogP contribution is 2.26. The molecule has 5 N–H and O–H groups in total. The Morgan fingerprint density at radius 3 is 0.741 bits per heavy atom. The Labute approximate surface area is 788 Å². The lowest BCUT2D eigenvalue weighted by atomic mass is 9.92. The van der Waals surface area contributed by atoms with Crippen molar-refractivity contribution in [3.63, 3.8) is 0 Å². The number of benzene rings is 6. The number of carbonyl (C=O) groups is 22. The van der Waals surface area contributed by atoms with E-state index in [-0.39, 0.29) is 184 Å². The van der Waals surface area contributed by atoms with Crippen LogP contribution in [0.15, 0.2) is 146 Å². The lowest BCUT2D eigenvalue weighted by molar-refractivity contribution is -0.171. The molecule has 51 nitrogen and oxygen atoms in total. The van der Waals surface area contributed by atoms with E-state index in [9.17, 15) is 126 Å². The Hall–Kier alpha value is -17.4. The van der Waals surface area contributed by atoms with Gasteiger partial charge in [-0.3, -0.25) is 57.5 Å². The molecule has 0 spiro atoms. The SMILES string of the molecule is C.CN(CC(=O)O)c1ccc(C(=O)OCC(=O)OCCOCCOC(=O)COC(=O)c2ccc(N(COC=O)COC=O)cc2)cc1.O=COCN(COC=O)c1ccc(C(=O)CCCOCC(COC(=O)COC(=O)c2ccc(N(COC=O)COC=O)cc2)(COC(=O)COC(=O)c2ccc(N(CC(=O)O)CC(=O)O)cc2)COC(=O)COC(=O)c2ccc(N(CC(=O)O)CC(=O)O)cc2)cc1. The van der Waals surface area contributed by atoms with E-state index in [1.54, 1.807) is 19.2 Å². The number of carboxylic acid groups (broad SMARTS) is 5. The molecule has 51 heteroatoms. The largest absolute Gasteiger partial charge is 0.480 e. The van der Waals surface area contributed by atoms with Crippen molar-refractivity contribution in [2.45, 2.75) is 20.3 Å². The van der Waals surface area contributed by atoms with Gasteiger partial charge >= 0.3 is 89.5 Å². The van der Waals surface area contributed by atoms with Gasteiger partial charge in [0.05, 0.1) is 53.1 Å². The number of esters is 10. The van der Waals surface area contributed by atoms with E-state index in [1.165, 1.54) is 129 Å². The maximum atomic E-state index is 13.4. The van der Waals surface area contributed by atoms with Crippen LogP contribution in [0, 0.1) is 5.41 Å². The first-order valence-electron chi connectivity index (χ1n) is 40.0. The summed E-state index contributed by atoms with van der Waals surface area (Å²) in [5.74, 6) is -17.0. The second-order valence-corrected chi connectivity index (χ2v) is 27.8. The number of hydrogen-bond acceptors (Lipinski definition) is 46. The zero-order valence-electron chi connectivity index (χ0n) is 73.2. The Morgan fingerprint density at radius 2 is 0.496 bits per heavy atom. The van der Waals surface area contributed by atoms with Crippen LogP contribution in [0.5, 0.6) is 0 Å². The molecule has 0 aliphatic heterocycles. The van der Waals surface area contributed by atoms with Crippen LogP contribution in [-0.4, -0.2) is 332 Å². The minimum atomic E-state index is -1.96. The van der Waals surface area contributed by atoms with Gasteiger partial charge in [0.15, 0.2) is 79.2 Å². The molecule has 6 aromatic carbocycles. The van der Waals surface area contributed by atoms with E-state index in [0.29, 0.717) is 22.7 Å². The zero-order chi connectivity index (χ0) is 101. The molecule has 0 saturated carbocycles. The maximum absolute atomic E-state index is 13.4. The number of hydrogen-bond donors (Lipinski definition) is 5. The van der Waals surface area contributed by atoms with Gasteiger partial charge in [-0.1, -0.05) is 7.43 Å². The van der Waals surface area contributed by atoms with Crippen LogP contribution < -0.4 is 29.4 Å². The number of ketones is 1. The number of ether oxygens (including phenoxy) is 18. The van der Waals surface area contributed by atoms with E-state index >= 15 is 0 Å². The van der Waals surface area contributed by atoms with Gasteiger partial charge in [0.2, 0.25) is 0 Å². The fourth-order valence-electron chi connectivity index (χ4n) is 11.1. The van der Waals surface area contributed by atoms with Crippen molar-refractivity contribution in [2.24, 2.45) is 5.41 Å². The van der Waals surface area contributed by atoms with Gasteiger partial charge in [-0.2, -0.15) is 0 Å². The van der Waals surface area contributed by atoms with Gasteiger partial charge in [-0.25, -0.2) is 47.9 Å². The van der Waals surface area contributed by atoms with Gasteiger partial charge in [0.25, 0.3) is 38.8 Å². The predicted octanol–water partition coefficient (Wildman–Crippen LogP) is 1.97. The number of nitrogens with zero attached hydrogens (tertiary/aromatic N) is 6. The highest BCUT2D eigenvalue weighted by molar-refractivity contribution is 5.97. The van der Waals surface area contributed by atoms with Crippen molar-refractivity contribution in [1.29, 1.82) is 0 Å². The van der Waals surface area contributed by atoms with Gasteiger partial charge < -0.3 is 140 Å². The number of rotatable bonds is 68. The van der Waals surface area contributed by atoms with E-state index in [2.05, 4.69) is 9.47 Å². The average Bonchev–Trinajstić information content (AvgIpc) is 1.74. The molecule has 6 rings (SSSR count). The first-order chi connectivity index (χ1) is 66.2. The average molecular weight is 1960 g/mol. The number of carbonyl (C=O) groups excluding carboxylic acids is 17. The highest BCUT2D eigenvalue weighted by Gasteiger charge is 2.38. The van der Waals surface area contributed by atoms with Crippen LogP contribution in [0.1, 0.15) is 82.4 Å². The number of carboxylic acids is 5. The third kappa shape index (κ3) is 43.9. The number of anilines is 6. The summed E-state index contributed by atoms with van der Waals surface area (Å²) in [6.45, 7) is -12.1. The lowest BCUT2D eigenvalue weighted by Crippen LogP contribution is -2.44. The summed E-state index contributed by atoms with van der Waals surface area (Å²) >= 11 is 0. The van der Waals surface area contributed by atoms with Crippen molar-refractivity contribution in [3.8, 4) is 0 Å². The van der Waals surface area contributed by atoms with Crippen LogP contribution in [-0.2, 0) is 162 Å². The molecular formula is C88H96N6O45. The third-order valence-corrected chi connectivity index (χ3v) is 17.7. The minimum absolute atomic E-state index is 0. The fourth-order valence-corrected chi connectivity index (χ4v) is 11.1. The molecule has 0 aromatic heterocycles. The molecule has 0 unspecified atom stereocenters. The quantitative estimate of drug-likeness (QED) is 0.00910. The van der Waals surface area contributed by atoms with E-state index in [0.717, 1.165) is 34.1 Å². The molecule has 0 fully saturated rings. The molecule has 0 heterocycles. The highest BCUT2D eigenvalue weighted by atomic mass is 16.6. The number of likely N-dealkylation sites (N-methyl/N-ethyl adjacent to an activating group) is 1. The second kappa shape index (κ2) is 62.9. The van der Waals surface area contributed by atoms with Crippen LogP contribution in [0.25, 0.3) is 0 Å². The molecule has 0 radical (unpaired) electrons. The van der Waals surface area contributed by atoms with Crippen molar-refractivity contribution in [3.05, 3.63) is 179 Å². The minimum Gasteiger partial charge on any atom is -0.480 e. The third-order valence-electron chi connectivity index (χ3n) is 17.7. The van der Waals surface area contributed by atoms with Gasteiger partial charge in [-0.05, 0) is 152 Å². The van der Waals surface area contributed by atoms with Crippen LogP contribution in [0.3, 0.4) is 0 Å². The van der Waals surface area contributed by atoms with E-state index < -0.39 is 186 Å². The maximum Gasteiger partial charge on any atom is 0.344 e.